The molecular formula is C12H27Pb. The Bertz CT molecular complexity index is 61.5. The van der Waals surface area contributed by atoms with Crippen LogP contribution >= 0.6 is 0 Å². The SMILES string of the molecule is [CH2]CCCCCCCCCCC.[PbH2]. The average Bonchev–Trinajstić information content (AvgIpc) is 2.10. The van der Waals surface area contributed by atoms with Crippen LogP contribution in [0.5, 0.6) is 0 Å². The molecule has 0 amide bonds. The maximum absolute atomic E-state index is 3.84. The van der Waals surface area contributed by atoms with Crippen LogP contribution in [0.4, 0.5) is 0 Å². The quantitative estimate of drug-likeness (QED) is 0.423. The Morgan fingerprint density at radius 3 is 1.46 bits per heavy atom. The molecule has 0 aliphatic rings. The van der Waals surface area contributed by atoms with Gasteiger partial charge in [-0.15, -0.1) is 0 Å². The van der Waals surface area contributed by atoms with Crippen LogP contribution in [0.3, 0.4) is 0 Å². The molecule has 0 rings (SSSR count). The Labute approximate surface area is 105 Å². The van der Waals surface area contributed by atoms with Crippen molar-refractivity contribution in [1.82, 2.24) is 0 Å². The molecule has 0 fully saturated rings. The van der Waals surface area contributed by atoms with Gasteiger partial charge in [0.05, 0.1) is 0 Å². The summed E-state index contributed by atoms with van der Waals surface area (Å²) < 4.78 is 0. The van der Waals surface area contributed by atoms with Gasteiger partial charge in [-0.25, -0.2) is 0 Å². The first-order chi connectivity index (χ1) is 5.91. The third-order valence-electron chi connectivity index (χ3n) is 2.35. The first kappa shape index (κ1) is 16.4. The number of hydrogen-bond donors (Lipinski definition) is 0. The fourth-order valence-corrected chi connectivity index (χ4v) is 1.49. The molecule has 0 aromatic rings. The van der Waals surface area contributed by atoms with E-state index in [1.165, 1.54) is 57.8 Å². The summed E-state index contributed by atoms with van der Waals surface area (Å²) in [5.41, 5.74) is 0. The molecule has 0 aliphatic heterocycles. The second-order valence-electron chi connectivity index (χ2n) is 3.68. The van der Waals surface area contributed by atoms with E-state index in [0.717, 1.165) is 6.42 Å². The number of unbranched alkanes of at least 4 members (excludes halogenated alkanes) is 9. The van der Waals surface area contributed by atoms with Crippen LogP contribution in [0.25, 0.3) is 0 Å². The Morgan fingerprint density at radius 1 is 0.692 bits per heavy atom. The van der Waals surface area contributed by atoms with Gasteiger partial charge in [-0.05, 0) is 0 Å². The fraction of sp³-hybridized carbons (Fsp3) is 0.917. The maximum atomic E-state index is 3.84. The Morgan fingerprint density at radius 2 is 1.08 bits per heavy atom. The first-order valence-electron chi connectivity index (χ1n) is 5.71. The summed E-state index contributed by atoms with van der Waals surface area (Å²) in [4.78, 5) is 0. The molecule has 13 heavy (non-hydrogen) atoms. The van der Waals surface area contributed by atoms with E-state index in [1.807, 2.05) is 0 Å². The minimum absolute atomic E-state index is 0. The summed E-state index contributed by atoms with van der Waals surface area (Å²) in [6, 6.07) is 0. The average molecular weight is 379 g/mol. The second kappa shape index (κ2) is 15.4. The van der Waals surface area contributed by atoms with Gasteiger partial charge < -0.3 is 0 Å². The van der Waals surface area contributed by atoms with Gasteiger partial charge in [0.15, 0.2) is 0 Å². The third-order valence-corrected chi connectivity index (χ3v) is 2.35. The molecule has 0 heterocycles. The standard InChI is InChI=1S/C12H25.Pb.2H/c1-3-5-7-9-11-12-10-8-6-4-2;;;/h1,3-12H2,2H3;;;. The van der Waals surface area contributed by atoms with Gasteiger partial charge in [-0.1, -0.05) is 78.1 Å². The zero-order valence-electron chi connectivity index (χ0n) is 9.49. The molecule has 1 heteroatoms. The molecule has 0 saturated heterocycles. The molecule has 0 nitrogen and oxygen atoms in total. The molecular weight excluding hydrogens is 351 g/mol. The van der Waals surface area contributed by atoms with Crippen molar-refractivity contribution >= 4 is 27.3 Å². The van der Waals surface area contributed by atoms with Crippen molar-refractivity contribution in [2.24, 2.45) is 0 Å². The topological polar surface area (TPSA) is 0 Å². The minimum atomic E-state index is 0. The van der Waals surface area contributed by atoms with Crippen LogP contribution in [0.15, 0.2) is 0 Å². The Kier molecular flexibility index (Phi) is 19.4. The van der Waals surface area contributed by atoms with Crippen molar-refractivity contribution in [1.29, 1.82) is 0 Å². The zero-order valence-corrected chi connectivity index (χ0v) is 15.0. The summed E-state index contributed by atoms with van der Waals surface area (Å²) in [6.07, 6.45) is 13.9. The summed E-state index contributed by atoms with van der Waals surface area (Å²) >= 11 is 0. The molecule has 0 spiro atoms. The molecule has 0 N–H and O–H groups in total. The van der Waals surface area contributed by atoms with Gasteiger partial charge in [0.2, 0.25) is 0 Å². The van der Waals surface area contributed by atoms with E-state index in [2.05, 4.69) is 13.8 Å². The Hall–Kier alpha value is 0.922. The fourth-order valence-electron chi connectivity index (χ4n) is 1.49. The monoisotopic (exact) mass is 379 g/mol. The van der Waals surface area contributed by atoms with Gasteiger partial charge >= 0.3 is 27.3 Å². The number of rotatable bonds is 9. The zero-order chi connectivity index (χ0) is 9.07. The molecule has 0 atom stereocenters. The molecule has 0 aromatic carbocycles. The van der Waals surface area contributed by atoms with Gasteiger partial charge in [0, 0.05) is 0 Å². The van der Waals surface area contributed by atoms with Gasteiger partial charge in [0.25, 0.3) is 0 Å². The summed E-state index contributed by atoms with van der Waals surface area (Å²) in [5, 5.41) is 0. The van der Waals surface area contributed by atoms with Crippen molar-refractivity contribution < 1.29 is 0 Å². The third kappa shape index (κ3) is 15.7. The van der Waals surface area contributed by atoms with Crippen LogP contribution < -0.4 is 0 Å². The van der Waals surface area contributed by atoms with Crippen LogP contribution in [-0.2, 0) is 0 Å². The van der Waals surface area contributed by atoms with E-state index in [-0.39, 0.29) is 27.3 Å². The molecule has 3 radical (unpaired) electrons. The van der Waals surface area contributed by atoms with Crippen LogP contribution in [0, 0.1) is 6.92 Å². The molecule has 79 valence electrons. The summed E-state index contributed by atoms with van der Waals surface area (Å²) in [5.74, 6) is 0. The van der Waals surface area contributed by atoms with E-state index in [9.17, 15) is 0 Å². The van der Waals surface area contributed by atoms with Crippen LogP contribution in [0.2, 0.25) is 0 Å². The Balaban J connectivity index is 0. The molecule has 0 aliphatic carbocycles. The second-order valence-corrected chi connectivity index (χ2v) is 3.68. The van der Waals surface area contributed by atoms with Gasteiger partial charge in [-0.3, -0.25) is 0 Å². The predicted octanol–water partition coefficient (Wildman–Crippen LogP) is 3.83. The van der Waals surface area contributed by atoms with Gasteiger partial charge in [0.1, 0.15) is 0 Å². The van der Waals surface area contributed by atoms with Crippen molar-refractivity contribution in [2.45, 2.75) is 71.1 Å². The van der Waals surface area contributed by atoms with E-state index in [4.69, 9.17) is 0 Å². The van der Waals surface area contributed by atoms with Crippen molar-refractivity contribution in [3.8, 4) is 0 Å². The van der Waals surface area contributed by atoms with Crippen molar-refractivity contribution in [3.63, 3.8) is 0 Å². The van der Waals surface area contributed by atoms with Gasteiger partial charge in [-0.2, -0.15) is 0 Å². The van der Waals surface area contributed by atoms with E-state index >= 15 is 0 Å². The van der Waals surface area contributed by atoms with Crippen molar-refractivity contribution in [3.05, 3.63) is 6.92 Å². The summed E-state index contributed by atoms with van der Waals surface area (Å²) in [6.45, 7) is 6.12. The van der Waals surface area contributed by atoms with Crippen LogP contribution in [0.1, 0.15) is 71.1 Å². The van der Waals surface area contributed by atoms with E-state index < -0.39 is 0 Å². The molecule has 0 saturated carbocycles. The normalized spacial score (nSPS) is 9.69. The first-order valence-corrected chi connectivity index (χ1v) is 5.71. The van der Waals surface area contributed by atoms with E-state index in [0.29, 0.717) is 0 Å². The molecule has 0 aromatic heterocycles. The molecule has 0 unspecified atom stereocenters. The van der Waals surface area contributed by atoms with Crippen molar-refractivity contribution in [2.75, 3.05) is 0 Å². The predicted molar refractivity (Wildman–Crippen MR) is 65.7 cm³/mol. The summed E-state index contributed by atoms with van der Waals surface area (Å²) in [7, 11) is 0. The van der Waals surface area contributed by atoms with Crippen LogP contribution in [-0.4, -0.2) is 27.3 Å². The molecule has 0 bridgehead atoms. The number of hydrogen-bond acceptors (Lipinski definition) is 0. The van der Waals surface area contributed by atoms with E-state index in [1.54, 1.807) is 0 Å².